The Kier molecular flexibility index (Phi) is 7.08. The van der Waals surface area contributed by atoms with E-state index in [-0.39, 0.29) is 41.8 Å². The van der Waals surface area contributed by atoms with Crippen molar-refractivity contribution in [2.24, 2.45) is 28.6 Å². The van der Waals surface area contributed by atoms with Crippen LogP contribution in [-0.4, -0.2) is 38.5 Å². The number of anilines is 1. The van der Waals surface area contributed by atoms with Crippen molar-refractivity contribution in [3.05, 3.63) is 52.6 Å². The van der Waals surface area contributed by atoms with Crippen LogP contribution in [0.25, 0.3) is 0 Å². The number of ether oxygens (including phenoxy) is 1. The Morgan fingerprint density at radius 3 is 2.56 bits per heavy atom. The molecule has 0 bridgehead atoms. The number of hydrogen-bond donors (Lipinski definition) is 1. The van der Waals surface area contributed by atoms with E-state index in [1.807, 2.05) is 32.2 Å². The Morgan fingerprint density at radius 2 is 1.92 bits per heavy atom. The number of Topliss-reactive ketones (excluding diaryl/α,β-unsaturated/α-hetero) is 1. The van der Waals surface area contributed by atoms with Crippen molar-refractivity contribution in [2.75, 3.05) is 26.1 Å². The minimum absolute atomic E-state index is 0.0119. The first-order chi connectivity index (χ1) is 18.4. The molecule has 0 amide bonds. The maximum atomic E-state index is 13.7. The van der Waals surface area contributed by atoms with E-state index < -0.39 is 17.0 Å². The molecule has 0 heterocycles. The standard InChI is InChI=1S/C32H36F3NO3/c1-19-15-25-27-11-12-31(28(38)18-39-4,13-14-32(33,34)35)30(27,2)17-26(20-5-7-21(36-3)8-6-20)29(25)23-10-9-22(37)16-24(19)23/h5-8,16,19,25-27,36H,9-12,15,17-18H2,1-4H3/t19?,25-,26+,27-,30-,31+/m0/s1. The van der Waals surface area contributed by atoms with Crippen LogP contribution in [0.5, 0.6) is 0 Å². The summed E-state index contributed by atoms with van der Waals surface area (Å²) in [5, 5.41) is 3.14. The second-order valence-corrected chi connectivity index (χ2v) is 11.9. The lowest BCUT2D eigenvalue weighted by Crippen LogP contribution is -2.52. The number of carbonyl (C=O) groups is 2. The number of allylic oxidation sites excluding steroid dienone is 4. The van der Waals surface area contributed by atoms with Crippen LogP contribution in [0.3, 0.4) is 0 Å². The topological polar surface area (TPSA) is 55.4 Å². The van der Waals surface area contributed by atoms with E-state index in [1.54, 1.807) is 0 Å². The van der Waals surface area contributed by atoms with Gasteiger partial charge >= 0.3 is 6.18 Å². The Balaban J connectivity index is 1.72. The summed E-state index contributed by atoms with van der Waals surface area (Å²) in [6.07, 6.45) is 0.549. The molecule has 1 aromatic carbocycles. The van der Waals surface area contributed by atoms with Crippen molar-refractivity contribution >= 4 is 17.3 Å². The number of benzene rings is 1. The molecule has 6 atom stereocenters. The number of rotatable bonds is 5. The molecule has 0 radical (unpaired) electrons. The van der Waals surface area contributed by atoms with E-state index in [0.717, 1.165) is 23.2 Å². The van der Waals surface area contributed by atoms with Gasteiger partial charge in [-0.15, -0.1) is 0 Å². The van der Waals surface area contributed by atoms with Gasteiger partial charge in [-0.05, 0) is 90.2 Å². The molecule has 4 nitrogen and oxygen atoms in total. The molecule has 0 spiro atoms. The minimum atomic E-state index is -4.69. The highest BCUT2D eigenvalue weighted by Crippen LogP contribution is 2.70. The maximum absolute atomic E-state index is 13.7. The van der Waals surface area contributed by atoms with Crippen LogP contribution in [0, 0.1) is 40.4 Å². The van der Waals surface area contributed by atoms with Crippen molar-refractivity contribution in [1.82, 2.24) is 0 Å². The van der Waals surface area contributed by atoms with Crippen LogP contribution in [0.2, 0.25) is 0 Å². The highest BCUT2D eigenvalue weighted by atomic mass is 19.4. The normalized spacial score (nSPS) is 33.8. The zero-order valence-electron chi connectivity index (χ0n) is 23.0. The van der Waals surface area contributed by atoms with Crippen molar-refractivity contribution in [3.8, 4) is 11.8 Å². The monoisotopic (exact) mass is 539 g/mol. The van der Waals surface area contributed by atoms with E-state index in [1.165, 1.54) is 24.2 Å². The lowest BCUT2D eigenvalue weighted by Gasteiger charge is -2.55. The van der Waals surface area contributed by atoms with Crippen LogP contribution >= 0.6 is 0 Å². The first-order valence-electron chi connectivity index (χ1n) is 13.8. The van der Waals surface area contributed by atoms with Gasteiger partial charge in [-0.2, -0.15) is 13.2 Å². The second-order valence-electron chi connectivity index (χ2n) is 11.9. The van der Waals surface area contributed by atoms with E-state index >= 15 is 0 Å². The fourth-order valence-corrected chi connectivity index (χ4v) is 8.33. The minimum Gasteiger partial charge on any atom is -0.388 e. The highest BCUT2D eigenvalue weighted by molar-refractivity contribution is 5.93. The van der Waals surface area contributed by atoms with Gasteiger partial charge in [0, 0.05) is 38.1 Å². The Labute approximate surface area is 228 Å². The van der Waals surface area contributed by atoms with Gasteiger partial charge in [0.2, 0.25) is 0 Å². The van der Waals surface area contributed by atoms with E-state index in [0.29, 0.717) is 32.1 Å². The molecule has 5 rings (SSSR count). The fraction of sp³-hybridized carbons (Fsp3) is 0.562. The average molecular weight is 540 g/mol. The first-order valence-corrected chi connectivity index (χ1v) is 13.8. The van der Waals surface area contributed by atoms with Gasteiger partial charge in [0.05, 0.1) is 5.41 Å². The summed E-state index contributed by atoms with van der Waals surface area (Å²) in [5.41, 5.74) is 3.54. The van der Waals surface area contributed by atoms with Crippen LogP contribution in [0.1, 0.15) is 63.9 Å². The third-order valence-corrected chi connectivity index (χ3v) is 10.1. The number of hydrogen-bond acceptors (Lipinski definition) is 4. The summed E-state index contributed by atoms with van der Waals surface area (Å²) >= 11 is 0. The number of nitrogens with one attached hydrogen (secondary N) is 1. The molecule has 4 aliphatic rings. The quantitative estimate of drug-likeness (QED) is 0.426. The summed E-state index contributed by atoms with van der Waals surface area (Å²) in [4.78, 5) is 26.1. The SMILES string of the molecule is CNc1ccc([C@H]2C[C@@]3(C)[C@@H](CC[C@@]3(C#CC(F)(F)F)C(=O)COC)[C@@H]3CC(C)C4=CC(=O)CCC4=C32)cc1. The van der Waals surface area contributed by atoms with Gasteiger partial charge in [0.1, 0.15) is 6.61 Å². The summed E-state index contributed by atoms with van der Waals surface area (Å²) in [6.45, 7) is 3.88. The van der Waals surface area contributed by atoms with Crippen molar-refractivity contribution in [2.45, 2.75) is 64.5 Å². The molecule has 7 heteroatoms. The summed E-state index contributed by atoms with van der Waals surface area (Å²) in [6, 6.07) is 8.18. The Morgan fingerprint density at radius 1 is 1.21 bits per heavy atom. The van der Waals surface area contributed by atoms with Gasteiger partial charge in [-0.25, -0.2) is 0 Å². The van der Waals surface area contributed by atoms with Gasteiger partial charge in [0.15, 0.2) is 11.6 Å². The zero-order chi connectivity index (χ0) is 28.2. The van der Waals surface area contributed by atoms with Crippen molar-refractivity contribution in [3.63, 3.8) is 0 Å². The molecule has 2 saturated carbocycles. The largest absolute Gasteiger partial charge is 0.457 e. The lowest BCUT2D eigenvalue weighted by atomic mass is 9.47. The number of methoxy groups -OCH3 is 1. The van der Waals surface area contributed by atoms with Crippen molar-refractivity contribution < 1.29 is 27.5 Å². The predicted molar refractivity (Wildman–Crippen MR) is 144 cm³/mol. The van der Waals surface area contributed by atoms with Gasteiger partial charge in [0.25, 0.3) is 0 Å². The zero-order valence-corrected chi connectivity index (χ0v) is 23.0. The van der Waals surface area contributed by atoms with E-state index in [4.69, 9.17) is 4.74 Å². The number of alkyl halides is 3. The molecular formula is C32H36F3NO3. The third-order valence-electron chi connectivity index (χ3n) is 10.1. The average Bonchev–Trinajstić information content (AvgIpc) is 3.20. The number of ketones is 2. The molecule has 1 unspecified atom stereocenters. The smallest absolute Gasteiger partial charge is 0.388 e. The fourth-order valence-electron chi connectivity index (χ4n) is 8.33. The summed E-state index contributed by atoms with van der Waals surface area (Å²) in [7, 11) is 3.25. The van der Waals surface area contributed by atoms with E-state index in [2.05, 4.69) is 30.3 Å². The molecule has 1 aromatic rings. The molecule has 0 aliphatic heterocycles. The molecule has 39 heavy (non-hydrogen) atoms. The Bertz CT molecular complexity index is 1300. The lowest BCUT2D eigenvalue weighted by molar-refractivity contribution is -0.137. The van der Waals surface area contributed by atoms with Gasteiger partial charge in [-0.3, -0.25) is 9.59 Å². The first kappa shape index (κ1) is 27.7. The van der Waals surface area contributed by atoms with Gasteiger partial charge < -0.3 is 10.1 Å². The molecule has 0 aromatic heterocycles. The van der Waals surface area contributed by atoms with Crippen LogP contribution in [0.4, 0.5) is 18.9 Å². The number of fused-ring (bicyclic) bond motifs is 4. The van der Waals surface area contributed by atoms with E-state index in [9.17, 15) is 22.8 Å². The van der Waals surface area contributed by atoms with Crippen LogP contribution in [0.15, 0.2) is 47.1 Å². The maximum Gasteiger partial charge on any atom is 0.457 e. The number of halogens is 3. The highest BCUT2D eigenvalue weighted by Gasteiger charge is 2.66. The molecule has 0 saturated heterocycles. The second kappa shape index (κ2) is 9.96. The molecule has 1 N–H and O–H groups in total. The van der Waals surface area contributed by atoms with Crippen LogP contribution < -0.4 is 5.32 Å². The predicted octanol–water partition coefficient (Wildman–Crippen LogP) is 6.64. The van der Waals surface area contributed by atoms with Crippen molar-refractivity contribution in [1.29, 1.82) is 0 Å². The third kappa shape index (κ3) is 4.55. The molecule has 4 aliphatic carbocycles. The Hall–Kier alpha value is -2.85. The molecule has 2 fully saturated rings. The molecular weight excluding hydrogens is 503 g/mol. The molecule has 208 valence electrons. The van der Waals surface area contributed by atoms with Crippen LogP contribution in [-0.2, 0) is 14.3 Å². The summed E-state index contributed by atoms with van der Waals surface area (Å²) in [5.74, 6) is 4.04. The number of carbonyl (C=O) groups excluding carboxylic acids is 2. The summed E-state index contributed by atoms with van der Waals surface area (Å²) < 4.78 is 45.6. The van der Waals surface area contributed by atoms with Gasteiger partial charge in [-0.1, -0.05) is 37.5 Å².